The number of hydrogen-bond acceptors (Lipinski definition) is 5. The van der Waals surface area contributed by atoms with Crippen LogP contribution in [-0.2, 0) is 28.3 Å². The lowest BCUT2D eigenvalue weighted by Gasteiger charge is -2.32. The summed E-state index contributed by atoms with van der Waals surface area (Å²) < 4.78 is 28.9. The van der Waals surface area contributed by atoms with Crippen molar-refractivity contribution in [3.8, 4) is 11.3 Å². The van der Waals surface area contributed by atoms with E-state index < -0.39 is 10.0 Å². The predicted octanol–water partition coefficient (Wildman–Crippen LogP) is 2.61. The Hall–Kier alpha value is -2.98. The van der Waals surface area contributed by atoms with Gasteiger partial charge in [0, 0.05) is 57.1 Å². The molecule has 182 valence electrons. The number of amides is 1. The van der Waals surface area contributed by atoms with E-state index in [1.807, 2.05) is 37.4 Å². The number of aryl methyl sites for hydroxylation is 3. The van der Waals surface area contributed by atoms with E-state index in [0.717, 1.165) is 29.8 Å². The van der Waals surface area contributed by atoms with Crippen molar-refractivity contribution in [2.75, 3.05) is 26.7 Å². The highest BCUT2D eigenvalue weighted by molar-refractivity contribution is 7.89. The fourth-order valence-corrected chi connectivity index (χ4v) is 5.80. The van der Waals surface area contributed by atoms with Crippen LogP contribution in [0.4, 0.5) is 0 Å². The second-order valence-corrected chi connectivity index (χ2v) is 10.8. The van der Waals surface area contributed by atoms with Gasteiger partial charge >= 0.3 is 0 Å². The maximum Gasteiger partial charge on any atom is 0.262 e. The Morgan fingerprint density at radius 1 is 1.21 bits per heavy atom. The molecule has 10 heteroatoms. The number of imidazole rings is 1. The molecule has 0 spiro atoms. The van der Waals surface area contributed by atoms with Crippen LogP contribution in [0.5, 0.6) is 0 Å². The molecule has 1 N–H and O–H groups in total. The number of H-pyrrole nitrogens is 1. The third-order valence-electron chi connectivity index (χ3n) is 6.51. The Balaban J connectivity index is 1.24. The zero-order chi connectivity index (χ0) is 24.3. The first-order valence-corrected chi connectivity index (χ1v) is 13.0. The number of nitrogens with one attached hydrogen (secondary N) is 1. The number of carbonyl (C=O) groups excluding carboxylic acids is 1. The van der Waals surface area contributed by atoms with Crippen LogP contribution < -0.4 is 0 Å². The highest BCUT2D eigenvalue weighted by Crippen LogP contribution is 2.25. The molecule has 1 aliphatic heterocycles. The average Bonchev–Trinajstić information content (AvgIpc) is 3.46. The van der Waals surface area contributed by atoms with Crippen LogP contribution in [-0.4, -0.2) is 70.0 Å². The normalized spacial score (nSPS) is 15.5. The predicted molar refractivity (Wildman–Crippen MR) is 129 cm³/mol. The summed E-state index contributed by atoms with van der Waals surface area (Å²) in [6.07, 6.45) is 4.21. The van der Waals surface area contributed by atoms with E-state index in [2.05, 4.69) is 21.2 Å². The number of carbonyl (C=O) groups is 1. The molecule has 3 aromatic rings. The Morgan fingerprint density at radius 3 is 2.56 bits per heavy atom. The summed E-state index contributed by atoms with van der Waals surface area (Å²) in [5.74, 6) is 0.579. The smallest absolute Gasteiger partial charge is 0.262 e. The molecule has 9 nitrogen and oxygen atoms in total. The van der Waals surface area contributed by atoms with E-state index in [0.29, 0.717) is 38.3 Å². The summed E-state index contributed by atoms with van der Waals surface area (Å²) in [6.45, 7) is 3.08. The van der Waals surface area contributed by atoms with Crippen molar-refractivity contribution in [2.24, 2.45) is 13.0 Å². The summed E-state index contributed by atoms with van der Waals surface area (Å²) in [4.78, 5) is 18.9. The minimum atomic E-state index is -3.63. The van der Waals surface area contributed by atoms with E-state index in [1.165, 1.54) is 10.5 Å². The van der Waals surface area contributed by atoms with E-state index in [1.54, 1.807) is 23.4 Å². The number of piperidine rings is 1. The Morgan fingerprint density at radius 2 is 1.91 bits per heavy atom. The summed E-state index contributed by atoms with van der Waals surface area (Å²) >= 11 is 0. The van der Waals surface area contributed by atoms with Gasteiger partial charge in [0.1, 0.15) is 5.82 Å². The van der Waals surface area contributed by atoms with Gasteiger partial charge in [0.2, 0.25) is 5.91 Å². The summed E-state index contributed by atoms with van der Waals surface area (Å²) in [7, 11) is -0.0307. The second-order valence-electron chi connectivity index (χ2n) is 8.92. The fraction of sp³-hybridized carbons (Fsp3) is 0.458. The number of sulfonamides is 1. The molecule has 0 bridgehead atoms. The van der Waals surface area contributed by atoms with Gasteiger partial charge in [-0.05, 0) is 38.7 Å². The third-order valence-corrected chi connectivity index (χ3v) is 8.28. The highest BCUT2D eigenvalue weighted by Gasteiger charge is 2.34. The van der Waals surface area contributed by atoms with Gasteiger partial charge in [-0.1, -0.05) is 30.3 Å². The number of nitrogens with zero attached hydrogens (tertiary/aromatic N) is 5. The molecule has 34 heavy (non-hydrogen) atoms. The zero-order valence-corrected chi connectivity index (χ0v) is 20.8. The quantitative estimate of drug-likeness (QED) is 0.529. The molecular weight excluding hydrogens is 452 g/mol. The minimum Gasteiger partial charge on any atom is -0.346 e. The Bertz CT molecular complexity index is 1210. The van der Waals surface area contributed by atoms with Crippen LogP contribution in [0.2, 0.25) is 0 Å². The number of aromatic nitrogens is 4. The van der Waals surface area contributed by atoms with Crippen LogP contribution in [0.25, 0.3) is 11.3 Å². The van der Waals surface area contributed by atoms with Gasteiger partial charge in [0.05, 0.1) is 5.69 Å². The lowest BCUT2D eigenvalue weighted by Crippen LogP contribution is -2.43. The number of rotatable bonds is 8. The van der Waals surface area contributed by atoms with Crippen molar-refractivity contribution in [2.45, 2.75) is 37.6 Å². The first-order chi connectivity index (χ1) is 16.3. The molecule has 0 radical (unpaired) electrons. The molecule has 1 fully saturated rings. The Labute approximate surface area is 200 Å². The maximum absolute atomic E-state index is 12.9. The van der Waals surface area contributed by atoms with Crippen LogP contribution in [0.3, 0.4) is 0 Å². The standard InChI is InChI=1S/C24H32N6O3S/c1-18-25-23(17-29(18)3)34(32,33)30-14-11-20(12-15-30)24(31)28(2)13-7-10-21-16-22(27-26-21)19-8-5-4-6-9-19/h4-6,8-9,16-17,20H,7,10-15H2,1-3H3,(H,26,27). The van der Waals surface area contributed by atoms with Crippen molar-refractivity contribution in [1.82, 2.24) is 29.0 Å². The minimum absolute atomic E-state index is 0.0728. The first kappa shape index (κ1) is 24.2. The lowest BCUT2D eigenvalue weighted by molar-refractivity contribution is -0.135. The number of aromatic amines is 1. The van der Waals surface area contributed by atoms with Crippen molar-refractivity contribution >= 4 is 15.9 Å². The van der Waals surface area contributed by atoms with Crippen LogP contribution in [0.15, 0.2) is 47.6 Å². The van der Waals surface area contributed by atoms with Gasteiger partial charge in [-0.15, -0.1) is 0 Å². The molecule has 1 amide bonds. The highest BCUT2D eigenvalue weighted by atomic mass is 32.2. The van der Waals surface area contributed by atoms with Crippen molar-refractivity contribution in [3.63, 3.8) is 0 Å². The van der Waals surface area contributed by atoms with Gasteiger partial charge in [0.25, 0.3) is 10.0 Å². The lowest BCUT2D eigenvalue weighted by atomic mass is 9.96. The molecular formula is C24H32N6O3S. The van der Waals surface area contributed by atoms with Crippen molar-refractivity contribution in [1.29, 1.82) is 0 Å². The monoisotopic (exact) mass is 484 g/mol. The SMILES string of the molecule is Cc1nc(S(=O)(=O)N2CCC(C(=O)N(C)CCCc3cc(-c4ccccc4)n[nH]3)CC2)cn1C. The molecule has 1 saturated heterocycles. The molecule has 1 aromatic carbocycles. The molecule has 0 saturated carbocycles. The Kier molecular flexibility index (Phi) is 7.18. The van der Waals surface area contributed by atoms with Crippen LogP contribution >= 0.6 is 0 Å². The molecule has 0 unspecified atom stereocenters. The molecule has 2 aromatic heterocycles. The molecule has 3 heterocycles. The van der Waals surface area contributed by atoms with Crippen LogP contribution in [0.1, 0.15) is 30.8 Å². The molecule has 0 aliphatic carbocycles. The summed E-state index contributed by atoms with van der Waals surface area (Å²) in [5, 5.41) is 7.54. The largest absolute Gasteiger partial charge is 0.346 e. The zero-order valence-electron chi connectivity index (χ0n) is 19.9. The molecule has 1 aliphatic rings. The maximum atomic E-state index is 12.9. The van der Waals surface area contributed by atoms with Gasteiger partial charge in [-0.2, -0.15) is 9.40 Å². The molecule has 0 atom stereocenters. The van der Waals surface area contributed by atoms with Crippen molar-refractivity contribution < 1.29 is 13.2 Å². The molecule has 4 rings (SSSR count). The van der Waals surface area contributed by atoms with Crippen molar-refractivity contribution in [3.05, 3.63) is 54.1 Å². The summed E-state index contributed by atoms with van der Waals surface area (Å²) in [5.41, 5.74) is 3.04. The van der Waals surface area contributed by atoms with Gasteiger partial charge in [0.15, 0.2) is 5.03 Å². The first-order valence-electron chi connectivity index (χ1n) is 11.6. The average molecular weight is 485 g/mol. The van der Waals surface area contributed by atoms with Crippen LogP contribution in [0, 0.1) is 12.8 Å². The van der Waals surface area contributed by atoms with E-state index in [-0.39, 0.29) is 16.9 Å². The number of benzene rings is 1. The van der Waals surface area contributed by atoms with Gasteiger partial charge < -0.3 is 9.47 Å². The summed E-state index contributed by atoms with van der Waals surface area (Å²) in [6, 6.07) is 12.1. The van der Waals surface area contributed by atoms with E-state index in [4.69, 9.17) is 0 Å². The van der Waals surface area contributed by atoms with E-state index in [9.17, 15) is 13.2 Å². The number of hydrogen-bond donors (Lipinski definition) is 1. The van der Waals surface area contributed by atoms with E-state index >= 15 is 0 Å². The topological polar surface area (TPSA) is 104 Å². The third kappa shape index (κ3) is 5.23. The van der Waals surface area contributed by atoms with Gasteiger partial charge in [-0.25, -0.2) is 13.4 Å². The second kappa shape index (κ2) is 10.1. The van der Waals surface area contributed by atoms with Gasteiger partial charge in [-0.3, -0.25) is 9.89 Å². The fourth-order valence-electron chi connectivity index (χ4n) is 4.30.